The van der Waals surface area contributed by atoms with Gasteiger partial charge in [-0.25, -0.2) is 0 Å². The average Bonchev–Trinajstić information content (AvgIpc) is 2.10. The van der Waals surface area contributed by atoms with Gasteiger partial charge in [0.25, 0.3) is 0 Å². The Balaban J connectivity index is 2.73. The van der Waals surface area contributed by atoms with Crippen molar-refractivity contribution in [3.05, 3.63) is 0 Å². The van der Waals surface area contributed by atoms with Crippen LogP contribution in [0.2, 0.25) is 0 Å². The monoisotopic (exact) mass is 240 g/mol. The lowest BCUT2D eigenvalue weighted by atomic mass is 10.7. The lowest BCUT2D eigenvalue weighted by Crippen LogP contribution is -2.09. The molecule has 0 spiro atoms. The smallest absolute Gasteiger partial charge is 0.0701 e. The van der Waals surface area contributed by atoms with Crippen LogP contribution in [0, 0.1) is 0 Å². The Morgan fingerprint density at radius 2 is 1.33 bits per heavy atom. The van der Waals surface area contributed by atoms with Crippen molar-refractivity contribution in [2.75, 3.05) is 45.0 Å². The SMILES string of the molecule is CCOCCOCCOCCBr. The van der Waals surface area contributed by atoms with E-state index < -0.39 is 0 Å². The molecular formula is C8H17BrO3. The Morgan fingerprint density at radius 1 is 0.833 bits per heavy atom. The molecule has 0 saturated carbocycles. The number of rotatable bonds is 9. The molecule has 0 amide bonds. The van der Waals surface area contributed by atoms with Crippen molar-refractivity contribution < 1.29 is 14.2 Å². The highest BCUT2D eigenvalue weighted by Crippen LogP contribution is 1.83. The van der Waals surface area contributed by atoms with Gasteiger partial charge in [0.2, 0.25) is 0 Å². The second-order valence-corrected chi connectivity index (χ2v) is 2.90. The zero-order valence-electron chi connectivity index (χ0n) is 7.55. The van der Waals surface area contributed by atoms with Crippen LogP contribution in [-0.4, -0.2) is 45.0 Å². The fraction of sp³-hybridized carbons (Fsp3) is 1.00. The molecule has 0 fully saturated rings. The maximum Gasteiger partial charge on any atom is 0.0701 e. The lowest BCUT2D eigenvalue weighted by Gasteiger charge is -2.04. The largest absolute Gasteiger partial charge is 0.379 e. The molecule has 74 valence electrons. The van der Waals surface area contributed by atoms with Crippen LogP contribution in [-0.2, 0) is 14.2 Å². The van der Waals surface area contributed by atoms with E-state index in [9.17, 15) is 0 Å². The van der Waals surface area contributed by atoms with Gasteiger partial charge in [-0.1, -0.05) is 15.9 Å². The molecular weight excluding hydrogens is 224 g/mol. The highest BCUT2D eigenvalue weighted by atomic mass is 79.9. The van der Waals surface area contributed by atoms with E-state index in [2.05, 4.69) is 15.9 Å². The minimum absolute atomic E-state index is 0.653. The third kappa shape index (κ3) is 10.4. The van der Waals surface area contributed by atoms with Crippen LogP contribution in [0.4, 0.5) is 0 Å². The molecule has 0 aliphatic carbocycles. The minimum atomic E-state index is 0.653. The molecule has 3 nitrogen and oxygen atoms in total. The summed E-state index contributed by atoms with van der Waals surface area (Å²) in [6, 6.07) is 0. The molecule has 0 aromatic rings. The first-order chi connectivity index (χ1) is 5.91. The number of halogens is 1. The topological polar surface area (TPSA) is 27.7 Å². The van der Waals surface area contributed by atoms with Crippen molar-refractivity contribution in [2.45, 2.75) is 6.92 Å². The highest BCUT2D eigenvalue weighted by molar-refractivity contribution is 9.09. The van der Waals surface area contributed by atoms with E-state index in [1.807, 2.05) is 6.92 Å². The normalized spacial score (nSPS) is 10.5. The first-order valence-electron chi connectivity index (χ1n) is 4.21. The molecule has 0 unspecified atom stereocenters. The Bertz CT molecular complexity index is 70.7. The van der Waals surface area contributed by atoms with Crippen LogP contribution in [0.15, 0.2) is 0 Å². The van der Waals surface area contributed by atoms with Gasteiger partial charge in [-0.15, -0.1) is 0 Å². The fourth-order valence-electron chi connectivity index (χ4n) is 0.639. The molecule has 12 heavy (non-hydrogen) atoms. The summed E-state index contributed by atoms with van der Waals surface area (Å²) in [7, 11) is 0. The molecule has 0 heterocycles. The Hall–Kier alpha value is 0.360. The molecule has 0 rings (SSSR count). The molecule has 4 heteroatoms. The molecule has 0 bridgehead atoms. The number of alkyl halides is 1. The predicted molar refractivity (Wildman–Crippen MR) is 51.9 cm³/mol. The Labute approximate surface area is 82.5 Å². The third-order valence-electron chi connectivity index (χ3n) is 1.17. The highest BCUT2D eigenvalue weighted by Gasteiger charge is 1.88. The Kier molecular flexibility index (Phi) is 11.7. The zero-order valence-corrected chi connectivity index (χ0v) is 9.14. The van der Waals surface area contributed by atoms with E-state index in [0.29, 0.717) is 26.4 Å². The van der Waals surface area contributed by atoms with Gasteiger partial charge < -0.3 is 14.2 Å². The van der Waals surface area contributed by atoms with E-state index >= 15 is 0 Å². The van der Waals surface area contributed by atoms with Crippen LogP contribution in [0.1, 0.15) is 6.92 Å². The second kappa shape index (κ2) is 11.4. The Morgan fingerprint density at radius 3 is 1.83 bits per heavy atom. The third-order valence-corrected chi connectivity index (χ3v) is 1.49. The van der Waals surface area contributed by atoms with E-state index in [0.717, 1.165) is 18.5 Å². The summed E-state index contributed by atoms with van der Waals surface area (Å²) in [5, 5.41) is 0.881. The van der Waals surface area contributed by atoms with Crippen LogP contribution in [0.25, 0.3) is 0 Å². The summed E-state index contributed by atoms with van der Waals surface area (Å²) in [6.45, 7) is 6.12. The van der Waals surface area contributed by atoms with Crippen LogP contribution in [0.5, 0.6) is 0 Å². The lowest BCUT2D eigenvalue weighted by molar-refractivity contribution is 0.0201. The van der Waals surface area contributed by atoms with Gasteiger partial charge in [-0.3, -0.25) is 0 Å². The van der Waals surface area contributed by atoms with Crippen molar-refractivity contribution in [1.29, 1.82) is 0 Å². The summed E-state index contributed by atoms with van der Waals surface area (Å²) >= 11 is 3.27. The minimum Gasteiger partial charge on any atom is -0.379 e. The van der Waals surface area contributed by atoms with Gasteiger partial charge in [-0.05, 0) is 6.92 Å². The van der Waals surface area contributed by atoms with Crippen LogP contribution >= 0.6 is 15.9 Å². The van der Waals surface area contributed by atoms with Gasteiger partial charge in [0, 0.05) is 11.9 Å². The summed E-state index contributed by atoms with van der Waals surface area (Å²) < 4.78 is 15.5. The van der Waals surface area contributed by atoms with Crippen molar-refractivity contribution in [3.8, 4) is 0 Å². The van der Waals surface area contributed by atoms with Crippen molar-refractivity contribution >= 4 is 15.9 Å². The maximum atomic E-state index is 5.22. The van der Waals surface area contributed by atoms with Crippen molar-refractivity contribution in [2.24, 2.45) is 0 Å². The van der Waals surface area contributed by atoms with Gasteiger partial charge >= 0.3 is 0 Å². The molecule has 0 radical (unpaired) electrons. The first-order valence-corrected chi connectivity index (χ1v) is 5.33. The fourth-order valence-corrected chi connectivity index (χ4v) is 0.868. The quantitative estimate of drug-likeness (QED) is 0.451. The molecule has 0 aliphatic heterocycles. The molecule has 0 aliphatic rings. The summed E-state index contributed by atoms with van der Waals surface area (Å²) in [5.74, 6) is 0. The summed E-state index contributed by atoms with van der Waals surface area (Å²) in [5.41, 5.74) is 0. The van der Waals surface area contributed by atoms with Gasteiger partial charge in [-0.2, -0.15) is 0 Å². The van der Waals surface area contributed by atoms with Crippen molar-refractivity contribution in [1.82, 2.24) is 0 Å². The molecule has 0 aromatic carbocycles. The summed E-state index contributed by atoms with van der Waals surface area (Å²) in [4.78, 5) is 0. The van der Waals surface area contributed by atoms with E-state index in [-0.39, 0.29) is 0 Å². The molecule has 0 saturated heterocycles. The first kappa shape index (κ1) is 12.4. The van der Waals surface area contributed by atoms with E-state index in [4.69, 9.17) is 14.2 Å². The molecule has 0 aromatic heterocycles. The summed E-state index contributed by atoms with van der Waals surface area (Å²) in [6.07, 6.45) is 0. The van der Waals surface area contributed by atoms with E-state index in [1.165, 1.54) is 0 Å². The zero-order chi connectivity index (χ0) is 9.07. The van der Waals surface area contributed by atoms with Crippen LogP contribution < -0.4 is 0 Å². The number of ether oxygens (including phenoxy) is 3. The molecule has 0 atom stereocenters. The second-order valence-electron chi connectivity index (χ2n) is 2.11. The van der Waals surface area contributed by atoms with E-state index in [1.54, 1.807) is 0 Å². The number of hydrogen-bond donors (Lipinski definition) is 0. The number of hydrogen-bond acceptors (Lipinski definition) is 3. The van der Waals surface area contributed by atoms with Crippen molar-refractivity contribution in [3.63, 3.8) is 0 Å². The van der Waals surface area contributed by atoms with Gasteiger partial charge in [0.05, 0.1) is 33.0 Å². The molecule has 0 N–H and O–H groups in total. The van der Waals surface area contributed by atoms with Crippen LogP contribution in [0.3, 0.4) is 0 Å². The maximum absolute atomic E-state index is 5.22. The predicted octanol–water partition coefficient (Wildman–Crippen LogP) is 1.45. The van der Waals surface area contributed by atoms with Gasteiger partial charge in [0.1, 0.15) is 0 Å². The standard InChI is InChI=1S/C8H17BrO3/c1-2-10-5-6-12-8-7-11-4-3-9/h2-8H2,1H3. The average molecular weight is 241 g/mol. The van der Waals surface area contributed by atoms with Gasteiger partial charge in [0.15, 0.2) is 0 Å².